The third-order valence-corrected chi connectivity index (χ3v) is 6.44. The first-order chi connectivity index (χ1) is 16.7. The van der Waals surface area contributed by atoms with Crippen LogP contribution in [0.25, 0.3) is 11.0 Å². The van der Waals surface area contributed by atoms with Crippen molar-refractivity contribution >= 4 is 11.0 Å². The summed E-state index contributed by atoms with van der Waals surface area (Å²) in [5.41, 5.74) is 7.06. The fraction of sp³-hybridized carbons (Fsp3) is 0.379. The first-order valence-corrected chi connectivity index (χ1v) is 12.1. The fourth-order valence-electron chi connectivity index (χ4n) is 4.34. The van der Waals surface area contributed by atoms with Crippen LogP contribution in [0.2, 0.25) is 0 Å². The van der Waals surface area contributed by atoms with Gasteiger partial charge in [-0.2, -0.15) is 0 Å². The highest BCUT2D eigenvalue weighted by Gasteiger charge is 2.11. The molecule has 6 nitrogen and oxygen atoms in total. The Morgan fingerprint density at radius 3 is 2.54 bits per heavy atom. The number of nitrogens with one attached hydrogen (secondary N) is 1. The average molecular weight is 473 g/mol. The van der Waals surface area contributed by atoms with Crippen LogP contribution < -0.4 is 4.74 Å². The quantitative estimate of drug-likeness (QED) is 0.372. The molecule has 0 saturated carbocycles. The molecule has 1 saturated heterocycles. The van der Waals surface area contributed by atoms with Gasteiger partial charge in [-0.3, -0.25) is 9.88 Å². The Labute approximate surface area is 208 Å². The van der Waals surface area contributed by atoms with E-state index in [2.05, 4.69) is 64.3 Å². The number of morpholine rings is 1. The first-order valence-electron chi connectivity index (χ1n) is 12.1. The number of H-pyrrole nitrogens is 1. The fourth-order valence-corrected chi connectivity index (χ4v) is 4.34. The lowest BCUT2D eigenvalue weighted by molar-refractivity contribution is 0.0322. The summed E-state index contributed by atoms with van der Waals surface area (Å²) in [6, 6.07) is 15.2. The highest BCUT2D eigenvalue weighted by atomic mass is 16.5. The van der Waals surface area contributed by atoms with E-state index in [1.807, 2.05) is 12.4 Å². The summed E-state index contributed by atoms with van der Waals surface area (Å²) >= 11 is 0. The average Bonchev–Trinajstić information content (AvgIpc) is 3.27. The van der Waals surface area contributed by atoms with E-state index in [4.69, 9.17) is 14.5 Å². The van der Waals surface area contributed by atoms with E-state index >= 15 is 0 Å². The van der Waals surface area contributed by atoms with Crippen molar-refractivity contribution in [2.24, 2.45) is 0 Å². The molecule has 4 aromatic rings. The standard InChI is InChI=1S/C28H32N4O2.CH4/c1-21-2-4-22(5-3-21)6-8-25-9-7-23(18-29-25)16-24-19-30-28-27(24)17-26(20-31-28)34-15-12-32-10-13-33-14-11-32;/h2-5,7,9,17-20H,6,8,10-16H2,1H3,(H,30,31);1H4. The number of rotatable bonds is 9. The zero-order valence-corrected chi connectivity index (χ0v) is 19.8. The molecule has 5 rings (SSSR count). The van der Waals surface area contributed by atoms with E-state index in [0.717, 1.165) is 74.6 Å². The Hall–Kier alpha value is -3.22. The van der Waals surface area contributed by atoms with Crippen LogP contribution in [-0.4, -0.2) is 59.3 Å². The van der Waals surface area contributed by atoms with Gasteiger partial charge in [0, 0.05) is 49.5 Å². The van der Waals surface area contributed by atoms with Crippen molar-refractivity contribution in [1.82, 2.24) is 19.9 Å². The minimum atomic E-state index is 0. The number of aromatic amines is 1. The molecule has 0 spiro atoms. The topological polar surface area (TPSA) is 63.3 Å². The number of nitrogens with zero attached hydrogens (tertiary/aromatic N) is 3. The molecule has 1 aliphatic rings. The van der Waals surface area contributed by atoms with E-state index in [0.29, 0.717) is 6.61 Å². The lowest BCUT2D eigenvalue weighted by Crippen LogP contribution is -2.38. The Balaban J connectivity index is 0.00000289. The molecular formula is C29H36N4O2. The maximum absolute atomic E-state index is 6.01. The van der Waals surface area contributed by atoms with Crippen LogP contribution in [0.4, 0.5) is 0 Å². The highest BCUT2D eigenvalue weighted by Crippen LogP contribution is 2.24. The largest absolute Gasteiger partial charge is 0.491 e. The van der Waals surface area contributed by atoms with Crippen LogP contribution in [0.15, 0.2) is 61.1 Å². The second-order valence-corrected chi connectivity index (χ2v) is 9.00. The molecule has 3 aromatic heterocycles. The number of fused-ring (bicyclic) bond motifs is 1. The van der Waals surface area contributed by atoms with E-state index < -0.39 is 0 Å². The third kappa shape index (κ3) is 6.68. The number of aromatic nitrogens is 3. The number of aryl methyl sites for hydroxylation is 3. The van der Waals surface area contributed by atoms with Gasteiger partial charge in [-0.25, -0.2) is 4.98 Å². The van der Waals surface area contributed by atoms with Gasteiger partial charge in [0.2, 0.25) is 0 Å². The van der Waals surface area contributed by atoms with Gasteiger partial charge in [0.25, 0.3) is 0 Å². The van der Waals surface area contributed by atoms with E-state index in [-0.39, 0.29) is 7.43 Å². The predicted molar refractivity (Wildman–Crippen MR) is 141 cm³/mol. The third-order valence-electron chi connectivity index (χ3n) is 6.44. The van der Waals surface area contributed by atoms with Crippen LogP contribution in [0.3, 0.4) is 0 Å². The molecule has 0 amide bonds. The van der Waals surface area contributed by atoms with Crippen molar-refractivity contribution in [3.8, 4) is 5.75 Å². The van der Waals surface area contributed by atoms with Crippen LogP contribution >= 0.6 is 0 Å². The first kappa shape index (κ1) is 24.9. The maximum Gasteiger partial charge on any atom is 0.138 e. The predicted octanol–water partition coefficient (Wildman–Crippen LogP) is 4.99. The highest BCUT2D eigenvalue weighted by molar-refractivity contribution is 5.81. The molecule has 1 aromatic carbocycles. The summed E-state index contributed by atoms with van der Waals surface area (Å²) in [7, 11) is 0. The monoisotopic (exact) mass is 472 g/mol. The van der Waals surface area contributed by atoms with Crippen LogP contribution in [-0.2, 0) is 24.0 Å². The summed E-state index contributed by atoms with van der Waals surface area (Å²) in [6.45, 7) is 7.24. The number of pyridine rings is 2. The molecule has 1 N–H and O–H groups in total. The lowest BCUT2D eigenvalue weighted by atomic mass is 10.0. The molecular weight excluding hydrogens is 436 g/mol. The Bertz CT molecular complexity index is 1200. The van der Waals surface area contributed by atoms with Crippen molar-refractivity contribution in [3.05, 3.63) is 89.0 Å². The molecule has 0 radical (unpaired) electrons. The zero-order chi connectivity index (χ0) is 23.2. The molecule has 4 heterocycles. The van der Waals surface area contributed by atoms with Gasteiger partial charge >= 0.3 is 0 Å². The molecule has 0 bridgehead atoms. The molecule has 0 atom stereocenters. The molecule has 6 heteroatoms. The van der Waals surface area contributed by atoms with Gasteiger partial charge in [-0.15, -0.1) is 0 Å². The van der Waals surface area contributed by atoms with Gasteiger partial charge in [0.1, 0.15) is 18.0 Å². The molecule has 0 aliphatic carbocycles. The molecule has 1 aliphatic heterocycles. The van der Waals surface area contributed by atoms with Gasteiger partial charge in [0.05, 0.1) is 19.4 Å². The van der Waals surface area contributed by atoms with Crippen LogP contribution in [0.1, 0.15) is 35.4 Å². The summed E-state index contributed by atoms with van der Waals surface area (Å²) in [5.74, 6) is 0.811. The van der Waals surface area contributed by atoms with Crippen molar-refractivity contribution in [1.29, 1.82) is 0 Å². The SMILES string of the molecule is C.Cc1ccc(CCc2ccc(Cc3c[nH]c4ncc(OCCN5CCOCC5)cc34)cn2)cc1. The summed E-state index contributed by atoms with van der Waals surface area (Å²) < 4.78 is 11.4. The van der Waals surface area contributed by atoms with Gasteiger partial charge in [0.15, 0.2) is 0 Å². The number of hydrogen-bond acceptors (Lipinski definition) is 5. The normalized spacial score (nSPS) is 14.1. The molecule has 1 fully saturated rings. The number of ether oxygens (including phenoxy) is 2. The Morgan fingerprint density at radius 2 is 1.77 bits per heavy atom. The zero-order valence-electron chi connectivity index (χ0n) is 19.8. The molecule has 0 unspecified atom stereocenters. The second-order valence-electron chi connectivity index (χ2n) is 9.00. The van der Waals surface area contributed by atoms with E-state index in [1.165, 1.54) is 22.3 Å². The molecule has 35 heavy (non-hydrogen) atoms. The second kappa shape index (κ2) is 12.0. The minimum Gasteiger partial charge on any atom is -0.491 e. The Morgan fingerprint density at radius 1 is 0.971 bits per heavy atom. The summed E-state index contributed by atoms with van der Waals surface area (Å²) in [4.78, 5) is 14.9. The smallest absolute Gasteiger partial charge is 0.138 e. The van der Waals surface area contributed by atoms with Crippen molar-refractivity contribution in [3.63, 3.8) is 0 Å². The van der Waals surface area contributed by atoms with Crippen molar-refractivity contribution in [2.45, 2.75) is 33.6 Å². The lowest BCUT2D eigenvalue weighted by Gasteiger charge is -2.26. The summed E-state index contributed by atoms with van der Waals surface area (Å²) in [5, 5.41) is 1.10. The summed E-state index contributed by atoms with van der Waals surface area (Å²) in [6.07, 6.45) is 8.61. The molecule has 184 valence electrons. The van der Waals surface area contributed by atoms with Crippen molar-refractivity contribution in [2.75, 3.05) is 39.5 Å². The Kier molecular flexibility index (Phi) is 8.50. The van der Waals surface area contributed by atoms with Crippen LogP contribution in [0, 0.1) is 6.92 Å². The van der Waals surface area contributed by atoms with Gasteiger partial charge < -0.3 is 14.5 Å². The van der Waals surface area contributed by atoms with E-state index in [9.17, 15) is 0 Å². The van der Waals surface area contributed by atoms with Gasteiger partial charge in [-0.05, 0) is 48.6 Å². The van der Waals surface area contributed by atoms with Gasteiger partial charge in [-0.1, -0.05) is 43.3 Å². The number of hydrogen-bond donors (Lipinski definition) is 1. The maximum atomic E-state index is 6.01. The van der Waals surface area contributed by atoms with Crippen LogP contribution in [0.5, 0.6) is 5.75 Å². The number of benzene rings is 1. The van der Waals surface area contributed by atoms with E-state index in [1.54, 1.807) is 6.20 Å². The van der Waals surface area contributed by atoms with Crippen molar-refractivity contribution < 1.29 is 9.47 Å². The minimum absolute atomic E-state index is 0.